The maximum Gasteiger partial charge on any atom is 0.406 e. The molecule has 110 valence electrons. The van der Waals surface area contributed by atoms with Crippen molar-refractivity contribution in [3.63, 3.8) is 0 Å². The smallest absolute Gasteiger partial charge is 0.406 e. The minimum absolute atomic E-state index is 0.138. The van der Waals surface area contributed by atoms with Crippen LogP contribution in [-0.4, -0.2) is 31.3 Å². The molecule has 1 aromatic heterocycles. The fourth-order valence-electron chi connectivity index (χ4n) is 2.58. The highest BCUT2D eigenvalue weighted by Crippen LogP contribution is 2.35. The summed E-state index contributed by atoms with van der Waals surface area (Å²) in [5.41, 5.74) is 5.46. The van der Waals surface area contributed by atoms with E-state index in [9.17, 15) is 4.79 Å². The first-order valence-electron chi connectivity index (χ1n) is 6.73. The van der Waals surface area contributed by atoms with Gasteiger partial charge in [-0.05, 0) is 23.1 Å². The van der Waals surface area contributed by atoms with Gasteiger partial charge in [-0.3, -0.25) is 4.98 Å². The molecule has 21 heavy (non-hydrogen) atoms. The number of carbonyl (C=O) groups excluding carboxylic acids is 1. The minimum atomic E-state index is -0.440. The lowest BCUT2D eigenvalue weighted by atomic mass is 9.92. The van der Waals surface area contributed by atoms with Crippen LogP contribution in [-0.2, 0) is 15.9 Å². The highest BCUT2D eigenvalue weighted by atomic mass is 32.1. The number of ether oxygens (including phenoxy) is 2. The predicted octanol–water partition coefficient (Wildman–Crippen LogP) is 2.78. The first kappa shape index (κ1) is 14.0. The second-order valence-electron chi connectivity index (χ2n) is 4.72. The molecule has 2 aromatic rings. The zero-order valence-corrected chi connectivity index (χ0v) is 12.5. The van der Waals surface area contributed by atoms with Crippen molar-refractivity contribution in [3.8, 4) is 10.4 Å². The topological polar surface area (TPSA) is 60.5 Å². The van der Waals surface area contributed by atoms with E-state index in [1.165, 1.54) is 18.2 Å². The van der Waals surface area contributed by atoms with Crippen molar-refractivity contribution < 1.29 is 14.3 Å². The third kappa shape index (κ3) is 2.91. The van der Waals surface area contributed by atoms with E-state index in [1.807, 2.05) is 17.8 Å². The Morgan fingerprint density at radius 3 is 3.24 bits per heavy atom. The van der Waals surface area contributed by atoms with Crippen LogP contribution in [0.1, 0.15) is 17.2 Å². The Labute approximate surface area is 126 Å². The maximum atomic E-state index is 11.2. The van der Waals surface area contributed by atoms with Crippen molar-refractivity contribution in [2.75, 3.05) is 20.3 Å². The Hall–Kier alpha value is -1.92. The van der Waals surface area contributed by atoms with Crippen molar-refractivity contribution in [1.29, 1.82) is 0 Å². The molecule has 1 aromatic carbocycles. The van der Waals surface area contributed by atoms with Crippen molar-refractivity contribution in [3.05, 3.63) is 41.0 Å². The number of alkyl carbamates (subject to hydrolysis) is 1. The number of nitrogens with zero attached hydrogens (tertiary/aromatic N) is 1. The summed E-state index contributed by atoms with van der Waals surface area (Å²) in [5.74, 6) is 0. The average Bonchev–Trinajstić information content (AvgIpc) is 3.06. The fourth-order valence-corrected chi connectivity index (χ4v) is 3.25. The molecule has 1 amide bonds. The minimum Gasteiger partial charge on any atom is -0.453 e. The Balaban J connectivity index is 1.88. The molecule has 1 N–H and O–H groups in total. The van der Waals surface area contributed by atoms with Crippen LogP contribution in [0.4, 0.5) is 4.79 Å². The molecule has 0 saturated carbocycles. The summed E-state index contributed by atoms with van der Waals surface area (Å²) in [6.07, 6.45) is 2.18. The molecule has 0 radical (unpaired) electrons. The van der Waals surface area contributed by atoms with Crippen molar-refractivity contribution in [2.24, 2.45) is 0 Å². The summed E-state index contributed by atoms with van der Waals surface area (Å²) in [7, 11) is 1.35. The van der Waals surface area contributed by atoms with Crippen LogP contribution in [0.3, 0.4) is 0 Å². The second-order valence-corrected chi connectivity index (χ2v) is 5.61. The number of fused-ring (bicyclic) bond motifs is 1. The number of hydrogen-bond acceptors (Lipinski definition) is 5. The third-order valence-corrected chi connectivity index (χ3v) is 4.35. The molecule has 1 aliphatic rings. The molecule has 0 fully saturated rings. The lowest BCUT2D eigenvalue weighted by Crippen LogP contribution is -2.31. The first-order valence-corrected chi connectivity index (χ1v) is 7.61. The maximum absolute atomic E-state index is 11.2. The van der Waals surface area contributed by atoms with Gasteiger partial charge in [0, 0.05) is 6.20 Å². The third-order valence-electron chi connectivity index (χ3n) is 3.55. The number of hydrogen-bond donors (Lipinski definition) is 1. The van der Waals surface area contributed by atoms with Gasteiger partial charge < -0.3 is 14.8 Å². The Morgan fingerprint density at radius 1 is 1.57 bits per heavy atom. The second kappa shape index (κ2) is 6.24. The molecule has 2 heterocycles. The zero-order chi connectivity index (χ0) is 14.7. The highest BCUT2D eigenvalue weighted by Gasteiger charge is 2.24. The number of methoxy groups -OCH3 is 1. The van der Waals surface area contributed by atoms with Gasteiger partial charge in [0.1, 0.15) is 6.10 Å². The van der Waals surface area contributed by atoms with Gasteiger partial charge in [0.25, 0.3) is 0 Å². The van der Waals surface area contributed by atoms with E-state index in [4.69, 9.17) is 4.74 Å². The summed E-state index contributed by atoms with van der Waals surface area (Å²) in [6.45, 7) is 1.06. The Bertz CT molecular complexity index is 628. The normalized spacial score (nSPS) is 17.1. The highest BCUT2D eigenvalue weighted by molar-refractivity contribution is 7.13. The lowest BCUT2D eigenvalue weighted by molar-refractivity contribution is 0.0421. The largest absolute Gasteiger partial charge is 0.453 e. The van der Waals surface area contributed by atoms with Crippen molar-refractivity contribution >= 4 is 17.4 Å². The van der Waals surface area contributed by atoms with E-state index >= 15 is 0 Å². The zero-order valence-electron chi connectivity index (χ0n) is 11.7. The van der Waals surface area contributed by atoms with Crippen LogP contribution in [0.15, 0.2) is 29.9 Å². The van der Waals surface area contributed by atoms with E-state index in [2.05, 4.69) is 27.2 Å². The predicted molar refractivity (Wildman–Crippen MR) is 80.4 cm³/mol. The SMILES string of the molecule is COC(=O)NC[C@@H]1OCCc2c(-c3cncs3)cccc21. The summed E-state index contributed by atoms with van der Waals surface area (Å²) >= 11 is 1.63. The van der Waals surface area contributed by atoms with Crippen LogP contribution in [0, 0.1) is 0 Å². The van der Waals surface area contributed by atoms with Gasteiger partial charge in [0.15, 0.2) is 0 Å². The Kier molecular flexibility index (Phi) is 4.17. The van der Waals surface area contributed by atoms with Crippen LogP contribution in [0.5, 0.6) is 0 Å². The molecular formula is C15H16N2O3S. The number of rotatable bonds is 3. The summed E-state index contributed by atoms with van der Waals surface area (Å²) < 4.78 is 10.4. The molecule has 0 aliphatic carbocycles. The average molecular weight is 304 g/mol. The first-order chi connectivity index (χ1) is 10.3. The molecule has 1 atom stereocenters. The van der Waals surface area contributed by atoms with Gasteiger partial charge in [-0.1, -0.05) is 18.2 Å². The number of thiazole rings is 1. The number of aromatic nitrogens is 1. The van der Waals surface area contributed by atoms with E-state index in [-0.39, 0.29) is 6.10 Å². The number of carbonyl (C=O) groups is 1. The monoisotopic (exact) mass is 304 g/mol. The molecule has 6 heteroatoms. The number of nitrogens with one attached hydrogen (secondary N) is 1. The fraction of sp³-hybridized carbons (Fsp3) is 0.333. The molecule has 0 bridgehead atoms. The van der Waals surface area contributed by atoms with Gasteiger partial charge in [-0.2, -0.15) is 0 Å². The number of amides is 1. The van der Waals surface area contributed by atoms with Crippen LogP contribution >= 0.6 is 11.3 Å². The van der Waals surface area contributed by atoms with Gasteiger partial charge in [0.2, 0.25) is 0 Å². The molecule has 3 rings (SSSR count). The number of benzene rings is 1. The van der Waals surface area contributed by atoms with E-state index < -0.39 is 6.09 Å². The van der Waals surface area contributed by atoms with E-state index in [0.717, 1.165) is 16.9 Å². The molecule has 0 unspecified atom stereocenters. The summed E-state index contributed by atoms with van der Waals surface area (Å²) in [5, 5.41) is 2.70. The van der Waals surface area contributed by atoms with Crippen molar-refractivity contribution in [2.45, 2.75) is 12.5 Å². The quantitative estimate of drug-likeness (QED) is 0.947. The van der Waals surface area contributed by atoms with Gasteiger partial charge in [-0.15, -0.1) is 11.3 Å². The van der Waals surface area contributed by atoms with Gasteiger partial charge in [-0.25, -0.2) is 4.79 Å². The van der Waals surface area contributed by atoms with Crippen LogP contribution in [0.2, 0.25) is 0 Å². The molecule has 5 nitrogen and oxygen atoms in total. The van der Waals surface area contributed by atoms with Gasteiger partial charge in [0.05, 0.1) is 30.6 Å². The van der Waals surface area contributed by atoms with E-state index in [0.29, 0.717) is 13.2 Å². The van der Waals surface area contributed by atoms with Gasteiger partial charge >= 0.3 is 6.09 Å². The standard InChI is InChI=1S/C15H16N2O3S/c1-19-15(18)17-7-13-11-3-2-4-12(10(11)5-6-20-13)14-8-16-9-21-14/h2-4,8-9,13H,5-7H2,1H3,(H,17,18)/t13-/m0/s1. The molecule has 0 saturated heterocycles. The molecular weight excluding hydrogens is 288 g/mol. The molecule has 1 aliphatic heterocycles. The summed E-state index contributed by atoms with van der Waals surface area (Å²) in [6, 6.07) is 6.19. The Morgan fingerprint density at radius 2 is 2.48 bits per heavy atom. The van der Waals surface area contributed by atoms with Crippen molar-refractivity contribution in [1.82, 2.24) is 10.3 Å². The van der Waals surface area contributed by atoms with E-state index in [1.54, 1.807) is 11.3 Å². The van der Waals surface area contributed by atoms with Crippen LogP contribution < -0.4 is 5.32 Å². The molecule has 0 spiro atoms. The lowest BCUT2D eigenvalue weighted by Gasteiger charge is -2.27. The summed E-state index contributed by atoms with van der Waals surface area (Å²) in [4.78, 5) is 16.5. The van der Waals surface area contributed by atoms with Crippen LogP contribution in [0.25, 0.3) is 10.4 Å².